The summed E-state index contributed by atoms with van der Waals surface area (Å²) in [6.07, 6.45) is 0.722. The monoisotopic (exact) mass is 409 g/mol. The van der Waals surface area contributed by atoms with Crippen LogP contribution in [0.4, 0.5) is 0 Å². The van der Waals surface area contributed by atoms with Crippen LogP contribution in [0.3, 0.4) is 0 Å². The van der Waals surface area contributed by atoms with Gasteiger partial charge < -0.3 is 14.4 Å². The molecule has 2 aromatic carbocycles. The first-order valence-electron chi connectivity index (χ1n) is 9.50. The number of carbonyl (C=O) groups is 3. The minimum Gasteiger partial charge on any atom is -0.490 e. The lowest BCUT2D eigenvalue weighted by molar-refractivity contribution is -0.135. The molecule has 0 aromatic heterocycles. The van der Waals surface area contributed by atoms with Crippen molar-refractivity contribution in [2.45, 2.75) is 20.0 Å². The summed E-state index contributed by atoms with van der Waals surface area (Å²) < 4.78 is 11.4. The molecule has 0 fully saturated rings. The van der Waals surface area contributed by atoms with Crippen molar-refractivity contribution in [3.63, 3.8) is 0 Å². The molecule has 1 heterocycles. The highest BCUT2D eigenvalue weighted by Crippen LogP contribution is 2.29. The third-order valence-electron chi connectivity index (χ3n) is 4.45. The molecule has 8 nitrogen and oxygen atoms in total. The van der Waals surface area contributed by atoms with Crippen molar-refractivity contribution >= 4 is 23.9 Å². The van der Waals surface area contributed by atoms with Gasteiger partial charge in [0.1, 0.15) is 0 Å². The van der Waals surface area contributed by atoms with Crippen molar-refractivity contribution in [2.24, 2.45) is 5.10 Å². The van der Waals surface area contributed by atoms with Crippen LogP contribution in [0.2, 0.25) is 0 Å². The Hall–Kier alpha value is -3.68. The summed E-state index contributed by atoms with van der Waals surface area (Å²) in [6, 6.07) is 11.6. The van der Waals surface area contributed by atoms with E-state index >= 15 is 0 Å². The molecule has 3 rings (SSSR count). The minimum absolute atomic E-state index is 0.172. The highest BCUT2D eigenvalue weighted by molar-refractivity contribution is 6.21. The molecule has 0 aliphatic carbocycles. The lowest BCUT2D eigenvalue weighted by atomic mass is 10.1. The maximum Gasteiger partial charge on any atom is 0.282 e. The fourth-order valence-electron chi connectivity index (χ4n) is 2.98. The first-order chi connectivity index (χ1) is 14.3. The van der Waals surface area contributed by atoms with Gasteiger partial charge >= 0.3 is 0 Å². The van der Waals surface area contributed by atoms with E-state index in [-0.39, 0.29) is 5.91 Å². The van der Waals surface area contributed by atoms with Crippen LogP contribution in [0.25, 0.3) is 0 Å². The van der Waals surface area contributed by atoms with Crippen molar-refractivity contribution in [1.82, 2.24) is 9.91 Å². The van der Waals surface area contributed by atoms with Gasteiger partial charge in [-0.2, -0.15) is 10.1 Å². The highest BCUT2D eigenvalue weighted by Gasteiger charge is 2.35. The molecule has 156 valence electrons. The summed E-state index contributed by atoms with van der Waals surface area (Å²) in [4.78, 5) is 38.3. The van der Waals surface area contributed by atoms with Gasteiger partial charge in [-0.1, -0.05) is 12.1 Å². The van der Waals surface area contributed by atoms with Gasteiger partial charge in [-0.3, -0.25) is 14.4 Å². The first-order valence-corrected chi connectivity index (χ1v) is 9.50. The molecule has 1 aliphatic heterocycles. The second kappa shape index (κ2) is 8.77. The van der Waals surface area contributed by atoms with Crippen LogP contribution in [0.1, 0.15) is 40.1 Å². The molecule has 3 amide bonds. The molecule has 0 unspecified atom stereocenters. The SMILES string of the molecule is CCOc1cc(/C=N\N2C(=O)c3ccccc3C2=O)ccc1O[C@H](C)C(=O)N(C)C. The van der Waals surface area contributed by atoms with E-state index in [1.54, 1.807) is 63.5 Å². The van der Waals surface area contributed by atoms with Gasteiger partial charge in [0.15, 0.2) is 17.6 Å². The van der Waals surface area contributed by atoms with Crippen molar-refractivity contribution < 1.29 is 23.9 Å². The number of amides is 3. The van der Waals surface area contributed by atoms with E-state index in [0.717, 1.165) is 5.01 Å². The standard InChI is InChI=1S/C22H23N3O5/c1-5-29-19-12-15(10-11-18(19)30-14(2)20(26)24(3)4)13-23-25-21(27)16-8-6-7-9-17(16)22(25)28/h6-14H,5H2,1-4H3/b23-13-/t14-/m1/s1. The Kier molecular flexibility index (Phi) is 6.15. The Morgan fingerprint density at radius 3 is 2.30 bits per heavy atom. The number of likely N-dealkylation sites (N-methyl/N-ethyl adjacent to an activating group) is 1. The van der Waals surface area contributed by atoms with Crippen LogP contribution in [0.15, 0.2) is 47.6 Å². The summed E-state index contributed by atoms with van der Waals surface area (Å²) >= 11 is 0. The number of hydrogen-bond donors (Lipinski definition) is 0. The van der Waals surface area contributed by atoms with Crippen LogP contribution < -0.4 is 9.47 Å². The van der Waals surface area contributed by atoms with Gasteiger partial charge in [-0.25, -0.2) is 0 Å². The van der Waals surface area contributed by atoms with Gasteiger partial charge in [0.05, 0.1) is 23.9 Å². The van der Waals surface area contributed by atoms with E-state index in [1.165, 1.54) is 11.1 Å². The Morgan fingerprint density at radius 2 is 1.73 bits per heavy atom. The summed E-state index contributed by atoms with van der Waals surface area (Å²) in [7, 11) is 3.31. The topological polar surface area (TPSA) is 88.5 Å². The number of ether oxygens (including phenoxy) is 2. The second-order valence-electron chi connectivity index (χ2n) is 6.84. The molecule has 1 aliphatic rings. The zero-order valence-corrected chi connectivity index (χ0v) is 17.3. The van der Waals surface area contributed by atoms with Crippen LogP contribution in [0, 0.1) is 0 Å². The van der Waals surface area contributed by atoms with E-state index in [9.17, 15) is 14.4 Å². The van der Waals surface area contributed by atoms with Gasteiger partial charge in [-0.15, -0.1) is 0 Å². The van der Waals surface area contributed by atoms with Crippen molar-refractivity contribution in [3.05, 3.63) is 59.2 Å². The van der Waals surface area contributed by atoms with E-state index in [1.807, 2.05) is 6.92 Å². The van der Waals surface area contributed by atoms with Gasteiger partial charge in [0.2, 0.25) is 0 Å². The summed E-state index contributed by atoms with van der Waals surface area (Å²) in [6.45, 7) is 3.89. The normalized spacial score (nSPS) is 14.1. The van der Waals surface area contributed by atoms with Crippen LogP contribution >= 0.6 is 0 Å². The first kappa shape index (κ1) is 21.0. The predicted octanol–water partition coefficient (Wildman–Crippen LogP) is 2.57. The van der Waals surface area contributed by atoms with Crippen molar-refractivity contribution in [2.75, 3.05) is 20.7 Å². The van der Waals surface area contributed by atoms with Gasteiger partial charge in [-0.05, 0) is 49.7 Å². The zero-order chi connectivity index (χ0) is 21.8. The number of hydrogen-bond acceptors (Lipinski definition) is 6. The molecular weight excluding hydrogens is 386 g/mol. The average molecular weight is 409 g/mol. The van der Waals surface area contributed by atoms with Gasteiger partial charge in [0.25, 0.3) is 17.7 Å². The fourth-order valence-corrected chi connectivity index (χ4v) is 2.98. The molecule has 0 saturated carbocycles. The molecule has 0 saturated heterocycles. The van der Waals surface area contributed by atoms with Crippen LogP contribution in [-0.4, -0.2) is 60.7 Å². The number of hydrazone groups is 1. The highest BCUT2D eigenvalue weighted by atomic mass is 16.5. The minimum atomic E-state index is -0.683. The number of fused-ring (bicyclic) bond motifs is 1. The molecule has 0 N–H and O–H groups in total. The van der Waals surface area contributed by atoms with Crippen molar-refractivity contribution in [1.29, 1.82) is 0 Å². The van der Waals surface area contributed by atoms with Crippen LogP contribution in [-0.2, 0) is 4.79 Å². The molecule has 2 aromatic rings. The van der Waals surface area contributed by atoms with Crippen molar-refractivity contribution in [3.8, 4) is 11.5 Å². The molecular formula is C22H23N3O5. The quantitative estimate of drug-likeness (QED) is 0.518. The Bertz CT molecular complexity index is 981. The lowest BCUT2D eigenvalue weighted by Crippen LogP contribution is -2.35. The third kappa shape index (κ3) is 4.17. The smallest absolute Gasteiger partial charge is 0.282 e. The molecule has 8 heteroatoms. The Balaban J connectivity index is 1.80. The molecule has 0 spiro atoms. The number of rotatable bonds is 7. The van der Waals surface area contributed by atoms with E-state index in [4.69, 9.17) is 9.47 Å². The summed E-state index contributed by atoms with van der Waals surface area (Å²) in [5, 5.41) is 4.91. The molecule has 1 atom stereocenters. The third-order valence-corrected chi connectivity index (χ3v) is 4.45. The molecule has 0 bridgehead atoms. The number of benzene rings is 2. The number of carbonyl (C=O) groups excluding carboxylic acids is 3. The van der Waals surface area contributed by atoms with E-state index in [0.29, 0.717) is 34.8 Å². The van der Waals surface area contributed by atoms with E-state index in [2.05, 4.69) is 5.10 Å². The second-order valence-corrected chi connectivity index (χ2v) is 6.84. The predicted molar refractivity (Wildman–Crippen MR) is 111 cm³/mol. The fraction of sp³-hybridized carbons (Fsp3) is 0.273. The number of nitrogens with zero attached hydrogens (tertiary/aromatic N) is 3. The summed E-state index contributed by atoms with van der Waals surface area (Å²) in [5.41, 5.74) is 1.27. The van der Waals surface area contributed by atoms with Gasteiger partial charge in [0, 0.05) is 14.1 Å². The Labute approximate surface area is 174 Å². The Morgan fingerprint density at radius 1 is 1.10 bits per heavy atom. The average Bonchev–Trinajstić information content (AvgIpc) is 2.98. The zero-order valence-electron chi connectivity index (χ0n) is 17.3. The van der Waals surface area contributed by atoms with Crippen LogP contribution in [0.5, 0.6) is 11.5 Å². The summed E-state index contributed by atoms with van der Waals surface area (Å²) in [5.74, 6) is -0.255. The number of imide groups is 1. The maximum atomic E-state index is 12.4. The van der Waals surface area contributed by atoms with E-state index < -0.39 is 17.9 Å². The largest absolute Gasteiger partial charge is 0.490 e. The lowest BCUT2D eigenvalue weighted by Gasteiger charge is -2.20. The molecule has 0 radical (unpaired) electrons. The maximum absolute atomic E-state index is 12.4. The molecule has 30 heavy (non-hydrogen) atoms.